The van der Waals surface area contributed by atoms with E-state index in [0.717, 1.165) is 11.4 Å². The van der Waals surface area contributed by atoms with Crippen molar-refractivity contribution in [3.8, 4) is 5.75 Å². The van der Waals surface area contributed by atoms with Gasteiger partial charge in [-0.1, -0.05) is 6.07 Å². The molecule has 2 rings (SSSR count). The SMILES string of the molecule is CC(=O)N(CC(=O)Nc1ccc(OC(C)C)cc1)Cc1ccccn1. The van der Waals surface area contributed by atoms with E-state index in [4.69, 9.17) is 4.74 Å². The van der Waals surface area contributed by atoms with Crippen molar-refractivity contribution in [2.24, 2.45) is 0 Å². The Balaban J connectivity index is 1.93. The van der Waals surface area contributed by atoms with E-state index in [1.807, 2.05) is 26.0 Å². The van der Waals surface area contributed by atoms with Crippen LogP contribution in [0.1, 0.15) is 26.5 Å². The number of hydrogen-bond acceptors (Lipinski definition) is 4. The molecule has 2 amide bonds. The lowest BCUT2D eigenvalue weighted by Gasteiger charge is -2.20. The van der Waals surface area contributed by atoms with E-state index in [0.29, 0.717) is 12.2 Å². The number of carbonyl (C=O) groups is 2. The quantitative estimate of drug-likeness (QED) is 0.840. The summed E-state index contributed by atoms with van der Waals surface area (Å²) in [6.07, 6.45) is 1.75. The van der Waals surface area contributed by atoms with E-state index >= 15 is 0 Å². The van der Waals surface area contributed by atoms with Crippen molar-refractivity contribution in [2.45, 2.75) is 33.4 Å². The first kappa shape index (κ1) is 18.4. The molecule has 0 bridgehead atoms. The zero-order valence-electron chi connectivity index (χ0n) is 14.7. The van der Waals surface area contributed by atoms with Crippen LogP contribution < -0.4 is 10.1 Å². The molecular formula is C19H23N3O3. The van der Waals surface area contributed by atoms with Crippen molar-refractivity contribution in [3.63, 3.8) is 0 Å². The maximum Gasteiger partial charge on any atom is 0.244 e. The molecule has 1 aromatic carbocycles. The van der Waals surface area contributed by atoms with Gasteiger partial charge in [0.2, 0.25) is 11.8 Å². The molecular weight excluding hydrogens is 318 g/mol. The fraction of sp³-hybridized carbons (Fsp3) is 0.316. The minimum atomic E-state index is -0.261. The minimum absolute atomic E-state index is 0.0316. The van der Waals surface area contributed by atoms with Crippen LogP contribution in [0, 0.1) is 0 Å². The summed E-state index contributed by atoms with van der Waals surface area (Å²) in [7, 11) is 0. The number of benzene rings is 1. The average molecular weight is 341 g/mol. The van der Waals surface area contributed by atoms with Gasteiger partial charge in [0.1, 0.15) is 12.3 Å². The molecule has 0 spiro atoms. The van der Waals surface area contributed by atoms with Gasteiger partial charge in [-0.2, -0.15) is 0 Å². The standard InChI is InChI=1S/C19H23N3O3/c1-14(2)25-18-9-7-16(8-10-18)21-19(24)13-22(15(3)23)12-17-6-4-5-11-20-17/h4-11,14H,12-13H2,1-3H3,(H,21,24). The summed E-state index contributed by atoms with van der Waals surface area (Å²) in [5.41, 5.74) is 1.39. The maximum absolute atomic E-state index is 12.2. The Morgan fingerprint density at radius 1 is 1.16 bits per heavy atom. The second kappa shape index (κ2) is 8.82. The highest BCUT2D eigenvalue weighted by molar-refractivity contribution is 5.94. The number of aromatic nitrogens is 1. The second-order valence-corrected chi connectivity index (χ2v) is 5.94. The molecule has 2 aromatic rings. The van der Waals surface area contributed by atoms with Crippen molar-refractivity contribution in [3.05, 3.63) is 54.4 Å². The van der Waals surface area contributed by atoms with E-state index in [9.17, 15) is 9.59 Å². The van der Waals surface area contributed by atoms with Crippen LogP contribution in [0.5, 0.6) is 5.75 Å². The van der Waals surface area contributed by atoms with Gasteiger partial charge >= 0.3 is 0 Å². The van der Waals surface area contributed by atoms with E-state index in [1.54, 1.807) is 36.5 Å². The van der Waals surface area contributed by atoms with Crippen LogP contribution in [0.2, 0.25) is 0 Å². The Labute approximate surface area is 147 Å². The summed E-state index contributed by atoms with van der Waals surface area (Å²) < 4.78 is 5.56. The Morgan fingerprint density at radius 2 is 1.88 bits per heavy atom. The Hall–Kier alpha value is -2.89. The maximum atomic E-state index is 12.2. The number of nitrogens with zero attached hydrogens (tertiary/aromatic N) is 2. The normalized spacial score (nSPS) is 10.4. The van der Waals surface area contributed by atoms with Gasteiger partial charge in [0.15, 0.2) is 0 Å². The van der Waals surface area contributed by atoms with Crippen LogP contribution >= 0.6 is 0 Å². The molecule has 0 aliphatic rings. The fourth-order valence-electron chi connectivity index (χ4n) is 2.23. The van der Waals surface area contributed by atoms with Crippen LogP contribution in [-0.4, -0.2) is 34.3 Å². The number of amides is 2. The monoisotopic (exact) mass is 341 g/mol. The van der Waals surface area contributed by atoms with Gasteiger partial charge in [-0.3, -0.25) is 14.6 Å². The molecule has 6 heteroatoms. The van der Waals surface area contributed by atoms with Gasteiger partial charge < -0.3 is 15.0 Å². The van der Waals surface area contributed by atoms with Crippen LogP contribution in [0.25, 0.3) is 0 Å². The van der Waals surface area contributed by atoms with Crippen molar-refractivity contribution in [1.29, 1.82) is 0 Å². The topological polar surface area (TPSA) is 71.5 Å². The molecule has 0 fully saturated rings. The Kier molecular flexibility index (Phi) is 6.51. The lowest BCUT2D eigenvalue weighted by molar-refractivity contribution is -0.133. The zero-order valence-corrected chi connectivity index (χ0v) is 14.7. The van der Waals surface area contributed by atoms with Gasteiger partial charge in [0.05, 0.1) is 18.3 Å². The van der Waals surface area contributed by atoms with E-state index in [-0.39, 0.29) is 24.5 Å². The van der Waals surface area contributed by atoms with Crippen LogP contribution in [-0.2, 0) is 16.1 Å². The number of rotatable bonds is 7. The van der Waals surface area contributed by atoms with Gasteiger partial charge in [-0.05, 0) is 50.2 Å². The summed E-state index contributed by atoms with van der Waals surface area (Å²) in [5.74, 6) is 0.304. The molecule has 0 saturated heterocycles. The van der Waals surface area contributed by atoms with E-state index in [2.05, 4.69) is 10.3 Å². The minimum Gasteiger partial charge on any atom is -0.491 e. The molecule has 0 aliphatic heterocycles. The number of pyridine rings is 1. The van der Waals surface area contributed by atoms with Crippen LogP contribution in [0.3, 0.4) is 0 Å². The van der Waals surface area contributed by atoms with E-state index < -0.39 is 0 Å². The predicted molar refractivity (Wildman–Crippen MR) is 96.2 cm³/mol. The van der Waals surface area contributed by atoms with Crippen LogP contribution in [0.4, 0.5) is 5.69 Å². The van der Waals surface area contributed by atoms with Crippen molar-refractivity contribution < 1.29 is 14.3 Å². The molecule has 1 heterocycles. The third-order valence-electron chi connectivity index (χ3n) is 3.37. The molecule has 132 valence electrons. The number of ether oxygens (including phenoxy) is 1. The van der Waals surface area contributed by atoms with Gasteiger partial charge in [-0.15, -0.1) is 0 Å². The lowest BCUT2D eigenvalue weighted by Crippen LogP contribution is -2.36. The zero-order chi connectivity index (χ0) is 18.2. The third kappa shape index (κ3) is 6.25. The van der Waals surface area contributed by atoms with Gasteiger partial charge in [-0.25, -0.2) is 0 Å². The fourth-order valence-corrected chi connectivity index (χ4v) is 2.23. The highest BCUT2D eigenvalue weighted by Gasteiger charge is 2.15. The molecule has 0 radical (unpaired) electrons. The molecule has 25 heavy (non-hydrogen) atoms. The Bertz CT molecular complexity index is 700. The highest BCUT2D eigenvalue weighted by Crippen LogP contribution is 2.17. The lowest BCUT2D eigenvalue weighted by atomic mass is 10.3. The summed E-state index contributed by atoms with van der Waals surface area (Å²) >= 11 is 0. The summed E-state index contributed by atoms with van der Waals surface area (Å²) in [6.45, 7) is 5.61. The first-order valence-electron chi connectivity index (χ1n) is 8.16. The number of anilines is 1. The van der Waals surface area contributed by atoms with Gasteiger partial charge in [0, 0.05) is 18.8 Å². The number of nitrogens with one attached hydrogen (secondary N) is 1. The molecule has 0 atom stereocenters. The smallest absolute Gasteiger partial charge is 0.244 e. The molecule has 0 unspecified atom stereocenters. The van der Waals surface area contributed by atoms with Crippen molar-refractivity contribution in [1.82, 2.24) is 9.88 Å². The summed E-state index contributed by atoms with van der Waals surface area (Å²) in [4.78, 5) is 29.6. The van der Waals surface area contributed by atoms with Crippen LogP contribution in [0.15, 0.2) is 48.7 Å². The third-order valence-corrected chi connectivity index (χ3v) is 3.37. The molecule has 1 aromatic heterocycles. The molecule has 0 aliphatic carbocycles. The van der Waals surface area contributed by atoms with Crippen molar-refractivity contribution >= 4 is 17.5 Å². The second-order valence-electron chi connectivity index (χ2n) is 5.94. The average Bonchev–Trinajstić information content (AvgIpc) is 2.56. The highest BCUT2D eigenvalue weighted by atomic mass is 16.5. The first-order valence-corrected chi connectivity index (χ1v) is 8.16. The summed E-state index contributed by atoms with van der Waals surface area (Å²) in [5, 5.41) is 2.78. The molecule has 6 nitrogen and oxygen atoms in total. The first-order chi connectivity index (χ1) is 11.9. The number of carbonyl (C=O) groups excluding carboxylic acids is 2. The van der Waals surface area contributed by atoms with Crippen molar-refractivity contribution in [2.75, 3.05) is 11.9 Å². The van der Waals surface area contributed by atoms with E-state index in [1.165, 1.54) is 11.8 Å². The molecule has 1 N–H and O–H groups in total. The Morgan fingerprint density at radius 3 is 2.44 bits per heavy atom. The summed E-state index contributed by atoms with van der Waals surface area (Å²) in [6, 6.07) is 12.6. The predicted octanol–water partition coefficient (Wildman–Crippen LogP) is 2.86. The largest absolute Gasteiger partial charge is 0.491 e. The number of hydrogen-bond donors (Lipinski definition) is 1. The van der Waals surface area contributed by atoms with Gasteiger partial charge in [0.25, 0.3) is 0 Å². The molecule has 0 saturated carbocycles.